The number of nitrogens with zero attached hydrogens (tertiary/aromatic N) is 1. The molecule has 1 rings (SSSR count). The van der Waals surface area contributed by atoms with Crippen LogP contribution >= 0.6 is 0 Å². The lowest BCUT2D eigenvalue weighted by Crippen LogP contribution is -2.17. The van der Waals surface area contributed by atoms with E-state index in [2.05, 4.69) is 19.9 Å². The van der Waals surface area contributed by atoms with Gasteiger partial charge in [-0.05, 0) is 30.4 Å². The van der Waals surface area contributed by atoms with Gasteiger partial charge in [0.15, 0.2) is 0 Å². The molecule has 1 unspecified atom stereocenters. The molecule has 112 valence electrons. The summed E-state index contributed by atoms with van der Waals surface area (Å²) in [6.45, 7) is 4.39. The van der Waals surface area contributed by atoms with Gasteiger partial charge in [0.1, 0.15) is 0 Å². The highest BCUT2D eigenvalue weighted by molar-refractivity contribution is 5.95. The van der Waals surface area contributed by atoms with Gasteiger partial charge in [-0.2, -0.15) is 0 Å². The number of hydrogen-bond donors (Lipinski definition) is 1. The number of unbranched alkanes of at least 4 members (excludes halogenated alkanes) is 2. The highest BCUT2D eigenvalue weighted by atomic mass is 16.4. The van der Waals surface area contributed by atoms with Gasteiger partial charge < -0.3 is 10.0 Å². The maximum absolute atomic E-state index is 11.4. The second-order valence-corrected chi connectivity index (χ2v) is 5.54. The minimum Gasteiger partial charge on any atom is -0.478 e. The highest BCUT2D eigenvalue weighted by Crippen LogP contribution is 2.35. The molecule has 0 amide bonds. The molecular formula is C17H27NO2. The molecule has 20 heavy (non-hydrogen) atoms. The molecule has 0 bridgehead atoms. The van der Waals surface area contributed by atoms with Crippen molar-refractivity contribution in [3.05, 3.63) is 29.3 Å². The van der Waals surface area contributed by atoms with Crippen LogP contribution in [0.2, 0.25) is 0 Å². The SMILES string of the molecule is CCCCCC(CC)c1cccc(C(=O)O)c1N(C)C. The molecule has 0 spiro atoms. The smallest absolute Gasteiger partial charge is 0.337 e. The fourth-order valence-corrected chi connectivity index (χ4v) is 2.78. The zero-order valence-electron chi connectivity index (χ0n) is 13.1. The lowest BCUT2D eigenvalue weighted by atomic mass is 9.88. The summed E-state index contributed by atoms with van der Waals surface area (Å²) in [7, 11) is 3.84. The number of hydrogen-bond acceptors (Lipinski definition) is 2. The third-order valence-corrected chi connectivity index (χ3v) is 3.83. The Labute approximate surface area is 122 Å². The van der Waals surface area contributed by atoms with Gasteiger partial charge in [0.05, 0.1) is 11.3 Å². The summed E-state index contributed by atoms with van der Waals surface area (Å²) >= 11 is 0. The molecule has 0 aliphatic rings. The van der Waals surface area contributed by atoms with Crippen LogP contribution in [0.25, 0.3) is 0 Å². The fourth-order valence-electron chi connectivity index (χ4n) is 2.78. The van der Waals surface area contributed by atoms with Crippen LogP contribution in [0.5, 0.6) is 0 Å². The first-order valence-electron chi connectivity index (χ1n) is 7.56. The Bertz CT molecular complexity index is 441. The highest BCUT2D eigenvalue weighted by Gasteiger charge is 2.20. The van der Waals surface area contributed by atoms with Gasteiger partial charge in [-0.1, -0.05) is 45.2 Å². The van der Waals surface area contributed by atoms with Crippen LogP contribution in [-0.2, 0) is 0 Å². The van der Waals surface area contributed by atoms with Crippen molar-refractivity contribution < 1.29 is 9.90 Å². The van der Waals surface area contributed by atoms with Gasteiger partial charge in [-0.25, -0.2) is 4.79 Å². The Morgan fingerprint density at radius 3 is 2.45 bits per heavy atom. The number of carboxylic acid groups (broad SMARTS) is 1. The van der Waals surface area contributed by atoms with Crippen LogP contribution in [0.15, 0.2) is 18.2 Å². The van der Waals surface area contributed by atoms with E-state index < -0.39 is 5.97 Å². The van der Waals surface area contributed by atoms with Crippen LogP contribution in [0.4, 0.5) is 5.69 Å². The van der Waals surface area contributed by atoms with Crippen molar-refractivity contribution in [2.75, 3.05) is 19.0 Å². The van der Waals surface area contributed by atoms with Crippen LogP contribution in [-0.4, -0.2) is 25.2 Å². The average molecular weight is 277 g/mol. The first-order chi connectivity index (χ1) is 9.52. The molecule has 0 fully saturated rings. The third-order valence-electron chi connectivity index (χ3n) is 3.83. The van der Waals surface area contributed by atoms with Crippen molar-refractivity contribution in [3.63, 3.8) is 0 Å². The third kappa shape index (κ3) is 3.99. The number of carbonyl (C=O) groups is 1. The minimum absolute atomic E-state index is 0.404. The lowest BCUT2D eigenvalue weighted by Gasteiger charge is -2.25. The Balaban J connectivity index is 3.14. The minimum atomic E-state index is -0.848. The summed E-state index contributed by atoms with van der Waals surface area (Å²) in [5, 5.41) is 9.38. The Hall–Kier alpha value is -1.51. The van der Waals surface area contributed by atoms with E-state index in [1.165, 1.54) is 24.8 Å². The van der Waals surface area contributed by atoms with E-state index in [1.807, 2.05) is 25.1 Å². The number of anilines is 1. The lowest BCUT2D eigenvalue weighted by molar-refractivity contribution is 0.0697. The van der Waals surface area contributed by atoms with Crippen LogP contribution in [0.3, 0.4) is 0 Å². The largest absolute Gasteiger partial charge is 0.478 e. The normalized spacial score (nSPS) is 12.2. The molecule has 0 heterocycles. The summed E-state index contributed by atoms with van der Waals surface area (Å²) < 4.78 is 0. The zero-order chi connectivity index (χ0) is 15.1. The first kappa shape index (κ1) is 16.5. The zero-order valence-corrected chi connectivity index (χ0v) is 13.1. The topological polar surface area (TPSA) is 40.5 Å². The molecule has 1 atom stereocenters. The quantitative estimate of drug-likeness (QED) is 0.710. The maximum Gasteiger partial charge on any atom is 0.337 e. The van der Waals surface area contributed by atoms with Gasteiger partial charge in [-0.3, -0.25) is 0 Å². The molecule has 0 aromatic heterocycles. The summed E-state index contributed by atoms with van der Waals surface area (Å²) in [6, 6.07) is 5.65. The molecule has 1 aromatic rings. The van der Waals surface area contributed by atoms with E-state index in [0.29, 0.717) is 11.5 Å². The molecule has 3 heteroatoms. The molecule has 0 radical (unpaired) electrons. The van der Waals surface area contributed by atoms with Gasteiger partial charge in [-0.15, -0.1) is 0 Å². The molecule has 0 aliphatic carbocycles. The molecular weight excluding hydrogens is 250 g/mol. The van der Waals surface area contributed by atoms with E-state index in [-0.39, 0.29) is 0 Å². The number of benzene rings is 1. The second kappa shape index (κ2) is 7.93. The molecule has 1 N–H and O–H groups in total. The summed E-state index contributed by atoms with van der Waals surface area (Å²) in [5.41, 5.74) is 2.44. The number of carboxylic acids is 1. The molecule has 0 saturated carbocycles. The molecule has 0 saturated heterocycles. The van der Waals surface area contributed by atoms with Crippen LogP contribution in [0.1, 0.15) is 67.8 Å². The van der Waals surface area contributed by atoms with Crippen molar-refractivity contribution in [3.8, 4) is 0 Å². The number of para-hydroxylation sites is 1. The first-order valence-corrected chi connectivity index (χ1v) is 7.56. The fraction of sp³-hybridized carbons (Fsp3) is 0.588. The van der Waals surface area contributed by atoms with Crippen molar-refractivity contribution in [2.45, 2.75) is 51.9 Å². The van der Waals surface area contributed by atoms with Gasteiger partial charge >= 0.3 is 5.97 Å². The van der Waals surface area contributed by atoms with E-state index in [4.69, 9.17) is 0 Å². The molecule has 0 aliphatic heterocycles. The van der Waals surface area contributed by atoms with Crippen LogP contribution in [0, 0.1) is 0 Å². The monoisotopic (exact) mass is 277 g/mol. The van der Waals surface area contributed by atoms with Crippen molar-refractivity contribution in [1.82, 2.24) is 0 Å². The standard InChI is InChI=1S/C17H27NO2/c1-5-7-8-10-13(6-2)14-11-9-12-15(17(19)20)16(14)18(3)4/h9,11-13H,5-8,10H2,1-4H3,(H,19,20). The van der Waals surface area contributed by atoms with E-state index >= 15 is 0 Å². The number of rotatable bonds is 8. The van der Waals surface area contributed by atoms with Crippen molar-refractivity contribution in [1.29, 1.82) is 0 Å². The van der Waals surface area contributed by atoms with Gasteiger partial charge in [0, 0.05) is 14.1 Å². The van der Waals surface area contributed by atoms with Gasteiger partial charge in [0.25, 0.3) is 0 Å². The van der Waals surface area contributed by atoms with Gasteiger partial charge in [0.2, 0.25) is 0 Å². The maximum atomic E-state index is 11.4. The van der Waals surface area contributed by atoms with Crippen molar-refractivity contribution >= 4 is 11.7 Å². The predicted molar refractivity (Wildman–Crippen MR) is 84.9 cm³/mol. The molecule has 3 nitrogen and oxygen atoms in total. The summed E-state index contributed by atoms with van der Waals surface area (Å²) in [5.74, 6) is -0.405. The average Bonchev–Trinajstić information content (AvgIpc) is 2.42. The summed E-state index contributed by atoms with van der Waals surface area (Å²) in [4.78, 5) is 13.4. The predicted octanol–water partition coefficient (Wildman–Crippen LogP) is 4.52. The number of aromatic carboxylic acids is 1. The van der Waals surface area contributed by atoms with Crippen molar-refractivity contribution in [2.24, 2.45) is 0 Å². The Morgan fingerprint density at radius 1 is 1.25 bits per heavy atom. The van der Waals surface area contributed by atoms with E-state index in [9.17, 15) is 9.90 Å². The second-order valence-electron chi connectivity index (χ2n) is 5.54. The van der Waals surface area contributed by atoms with E-state index in [1.54, 1.807) is 6.07 Å². The summed E-state index contributed by atoms with van der Waals surface area (Å²) in [6.07, 6.45) is 5.85. The Morgan fingerprint density at radius 2 is 1.95 bits per heavy atom. The Kier molecular flexibility index (Phi) is 6.56. The van der Waals surface area contributed by atoms with Crippen LogP contribution < -0.4 is 4.90 Å². The van der Waals surface area contributed by atoms with E-state index in [0.717, 1.165) is 18.5 Å². The molecule has 1 aromatic carbocycles.